The van der Waals surface area contributed by atoms with Crippen LogP contribution < -0.4 is 11.2 Å². The third-order valence-electron chi connectivity index (χ3n) is 2.24. The van der Waals surface area contributed by atoms with E-state index in [2.05, 4.69) is 31.5 Å². The van der Waals surface area contributed by atoms with Crippen molar-refractivity contribution >= 4 is 5.91 Å². The van der Waals surface area contributed by atoms with Crippen molar-refractivity contribution in [1.29, 1.82) is 0 Å². The lowest BCUT2D eigenvalue weighted by atomic mass is 10.0. The molecule has 1 aromatic carbocycles. The Morgan fingerprint density at radius 1 is 1.38 bits per heavy atom. The topological polar surface area (TPSA) is 64.3 Å². The van der Waals surface area contributed by atoms with Gasteiger partial charge in [0.25, 0.3) is 0 Å². The van der Waals surface area contributed by atoms with Crippen LogP contribution in [0.25, 0.3) is 0 Å². The third kappa shape index (κ3) is 4.42. The number of nitrogens with two attached hydrogens (primary N) is 1. The fourth-order valence-corrected chi connectivity index (χ4v) is 1.28. The Labute approximate surface area is 95.7 Å². The molecule has 0 heterocycles. The van der Waals surface area contributed by atoms with Crippen molar-refractivity contribution in [3.05, 3.63) is 35.4 Å². The molecule has 4 nitrogen and oxygen atoms in total. The Balaban J connectivity index is 2.35. The molecule has 0 radical (unpaired) electrons. The Kier molecular flexibility index (Phi) is 4.95. The summed E-state index contributed by atoms with van der Waals surface area (Å²) in [5.41, 5.74) is 10.0. The summed E-state index contributed by atoms with van der Waals surface area (Å²) in [6.45, 7) is 4.77. The monoisotopic (exact) mass is 222 g/mol. The highest BCUT2D eigenvalue weighted by Gasteiger charge is 1.99. The molecule has 0 spiro atoms. The largest absolute Gasteiger partial charge is 0.368 e. The third-order valence-corrected chi connectivity index (χ3v) is 2.24. The van der Waals surface area contributed by atoms with Crippen molar-refractivity contribution in [2.45, 2.75) is 26.3 Å². The lowest BCUT2D eigenvalue weighted by Gasteiger charge is -2.07. The van der Waals surface area contributed by atoms with Gasteiger partial charge in [-0.15, -0.1) is 0 Å². The van der Waals surface area contributed by atoms with Gasteiger partial charge in [0.05, 0.1) is 0 Å². The van der Waals surface area contributed by atoms with Crippen LogP contribution >= 0.6 is 0 Å². The van der Waals surface area contributed by atoms with E-state index in [1.54, 1.807) is 0 Å². The average Bonchev–Trinajstić information content (AvgIpc) is 2.25. The number of hydrogen-bond acceptors (Lipinski definition) is 3. The molecule has 0 unspecified atom stereocenters. The first-order chi connectivity index (χ1) is 7.59. The molecule has 0 aliphatic rings. The zero-order chi connectivity index (χ0) is 12.0. The molecule has 0 aliphatic carbocycles. The van der Waals surface area contributed by atoms with Crippen LogP contribution in [-0.4, -0.2) is 12.5 Å². The first-order valence-corrected chi connectivity index (χ1v) is 5.31. The predicted octanol–water partition coefficient (Wildman–Crippen LogP) is 1.32. The Morgan fingerprint density at radius 3 is 2.50 bits per heavy atom. The number of nitrogens with one attached hydrogen (secondary N) is 1. The molecular formula is C12H18N2O2. The van der Waals surface area contributed by atoms with Crippen LogP contribution in [0, 0.1) is 0 Å². The number of carbonyl (C=O) groups is 1. The smallest absolute Gasteiger partial charge is 0.245 e. The van der Waals surface area contributed by atoms with Gasteiger partial charge in [-0.1, -0.05) is 38.1 Å². The maximum Gasteiger partial charge on any atom is 0.245 e. The minimum absolute atomic E-state index is 0.107. The molecule has 0 bridgehead atoms. The molecule has 0 saturated heterocycles. The van der Waals surface area contributed by atoms with E-state index in [-0.39, 0.29) is 6.61 Å². The Morgan fingerprint density at radius 2 is 2.00 bits per heavy atom. The van der Waals surface area contributed by atoms with Crippen LogP contribution in [0.2, 0.25) is 0 Å². The van der Waals surface area contributed by atoms with Crippen molar-refractivity contribution < 1.29 is 9.63 Å². The van der Waals surface area contributed by atoms with E-state index in [4.69, 9.17) is 10.6 Å². The Bertz CT molecular complexity index is 333. The molecule has 0 aromatic heterocycles. The zero-order valence-corrected chi connectivity index (χ0v) is 9.69. The number of hydroxylamine groups is 1. The highest BCUT2D eigenvalue weighted by Crippen LogP contribution is 2.14. The van der Waals surface area contributed by atoms with Gasteiger partial charge in [-0.25, -0.2) is 0 Å². The van der Waals surface area contributed by atoms with Gasteiger partial charge in [-0.05, 0) is 17.0 Å². The molecule has 0 aliphatic heterocycles. The molecule has 1 aromatic rings. The number of hydrogen-bond donors (Lipinski definition) is 2. The summed E-state index contributed by atoms with van der Waals surface area (Å²) in [4.78, 5) is 15.2. The van der Waals surface area contributed by atoms with E-state index in [0.29, 0.717) is 12.5 Å². The standard InChI is InChI=1S/C12H18N2O2/c1-9(2)11-5-3-10(4-6-11)7-14-16-8-12(13)15/h3-6,9,14H,7-8H2,1-2H3,(H2,13,15). The second-order valence-corrected chi connectivity index (χ2v) is 3.97. The van der Waals surface area contributed by atoms with Gasteiger partial charge in [0.15, 0.2) is 0 Å². The highest BCUT2D eigenvalue weighted by molar-refractivity contribution is 5.74. The van der Waals surface area contributed by atoms with Crippen LogP contribution in [-0.2, 0) is 16.2 Å². The fraction of sp³-hybridized carbons (Fsp3) is 0.417. The summed E-state index contributed by atoms with van der Waals surface area (Å²) in [6, 6.07) is 8.26. The number of benzene rings is 1. The highest BCUT2D eigenvalue weighted by atomic mass is 16.6. The summed E-state index contributed by atoms with van der Waals surface area (Å²) >= 11 is 0. The molecule has 1 rings (SSSR count). The first-order valence-electron chi connectivity index (χ1n) is 5.31. The van der Waals surface area contributed by atoms with Crippen molar-refractivity contribution in [3.8, 4) is 0 Å². The molecular weight excluding hydrogens is 204 g/mol. The summed E-state index contributed by atoms with van der Waals surface area (Å²) < 4.78 is 0. The summed E-state index contributed by atoms with van der Waals surface area (Å²) in [6.07, 6.45) is 0. The quantitative estimate of drug-likeness (QED) is 0.563. The minimum atomic E-state index is -0.484. The zero-order valence-electron chi connectivity index (χ0n) is 9.69. The van der Waals surface area contributed by atoms with Gasteiger partial charge in [0.2, 0.25) is 5.91 Å². The van der Waals surface area contributed by atoms with Crippen LogP contribution in [0.4, 0.5) is 0 Å². The SMILES string of the molecule is CC(C)c1ccc(CNOCC(N)=O)cc1. The van der Waals surface area contributed by atoms with Crippen LogP contribution in [0.15, 0.2) is 24.3 Å². The van der Waals surface area contributed by atoms with E-state index in [1.807, 2.05) is 12.1 Å². The second kappa shape index (κ2) is 6.25. The number of carbonyl (C=O) groups excluding carboxylic acids is 1. The lowest BCUT2D eigenvalue weighted by molar-refractivity contribution is -0.125. The molecule has 0 atom stereocenters. The van der Waals surface area contributed by atoms with E-state index >= 15 is 0 Å². The maximum absolute atomic E-state index is 10.4. The van der Waals surface area contributed by atoms with Crippen LogP contribution in [0.3, 0.4) is 0 Å². The summed E-state index contributed by atoms with van der Waals surface area (Å²) in [7, 11) is 0. The molecule has 4 heteroatoms. The molecule has 16 heavy (non-hydrogen) atoms. The van der Waals surface area contributed by atoms with Crippen molar-refractivity contribution in [3.63, 3.8) is 0 Å². The Hall–Kier alpha value is -1.39. The van der Waals surface area contributed by atoms with Gasteiger partial charge in [-0.3, -0.25) is 9.63 Å². The first kappa shape index (κ1) is 12.7. The molecule has 88 valence electrons. The minimum Gasteiger partial charge on any atom is -0.368 e. The summed E-state index contributed by atoms with van der Waals surface area (Å²) in [5.74, 6) is 0.0516. The van der Waals surface area contributed by atoms with Crippen LogP contribution in [0.5, 0.6) is 0 Å². The van der Waals surface area contributed by atoms with Gasteiger partial charge in [0, 0.05) is 6.54 Å². The fourth-order valence-electron chi connectivity index (χ4n) is 1.28. The van der Waals surface area contributed by atoms with Crippen molar-refractivity contribution in [1.82, 2.24) is 5.48 Å². The number of amides is 1. The average molecular weight is 222 g/mol. The normalized spacial score (nSPS) is 10.7. The maximum atomic E-state index is 10.4. The van der Waals surface area contributed by atoms with Gasteiger partial charge in [0.1, 0.15) is 6.61 Å². The van der Waals surface area contributed by atoms with Crippen molar-refractivity contribution in [2.75, 3.05) is 6.61 Å². The molecule has 3 N–H and O–H groups in total. The lowest BCUT2D eigenvalue weighted by Crippen LogP contribution is -2.24. The second-order valence-electron chi connectivity index (χ2n) is 3.97. The molecule has 0 fully saturated rings. The van der Waals surface area contributed by atoms with Crippen LogP contribution in [0.1, 0.15) is 30.9 Å². The number of rotatable bonds is 6. The van der Waals surface area contributed by atoms with E-state index in [1.165, 1.54) is 5.56 Å². The van der Waals surface area contributed by atoms with E-state index < -0.39 is 5.91 Å². The summed E-state index contributed by atoms with van der Waals surface area (Å²) in [5, 5.41) is 0. The molecule has 0 saturated carbocycles. The molecule has 1 amide bonds. The van der Waals surface area contributed by atoms with Crippen molar-refractivity contribution in [2.24, 2.45) is 5.73 Å². The number of primary amides is 1. The van der Waals surface area contributed by atoms with Gasteiger partial charge in [-0.2, -0.15) is 5.48 Å². The predicted molar refractivity (Wildman–Crippen MR) is 62.5 cm³/mol. The van der Waals surface area contributed by atoms with E-state index in [0.717, 1.165) is 5.56 Å². The van der Waals surface area contributed by atoms with Gasteiger partial charge < -0.3 is 5.73 Å². The van der Waals surface area contributed by atoms with Gasteiger partial charge >= 0.3 is 0 Å². The van der Waals surface area contributed by atoms with E-state index in [9.17, 15) is 4.79 Å².